The summed E-state index contributed by atoms with van der Waals surface area (Å²) >= 11 is 3.07. The van der Waals surface area contributed by atoms with Crippen molar-refractivity contribution in [3.05, 3.63) is 28.2 Å². The first-order valence-electron chi connectivity index (χ1n) is 6.62. The summed E-state index contributed by atoms with van der Waals surface area (Å²) in [6.45, 7) is 0. The Morgan fingerprint density at radius 2 is 1.95 bits per heavy atom. The molecule has 1 aromatic carbocycles. The van der Waals surface area contributed by atoms with E-state index in [1.54, 1.807) is 6.07 Å². The Bertz CT molecular complexity index is 464. The van der Waals surface area contributed by atoms with Crippen molar-refractivity contribution in [1.82, 2.24) is 5.32 Å². The van der Waals surface area contributed by atoms with Crippen LogP contribution in [-0.2, 0) is 6.18 Å². The molecule has 1 saturated carbocycles. The van der Waals surface area contributed by atoms with E-state index in [0.29, 0.717) is 4.47 Å². The summed E-state index contributed by atoms with van der Waals surface area (Å²) in [6.07, 6.45) is -0.852. The van der Waals surface area contributed by atoms with Gasteiger partial charge < -0.3 is 10.1 Å². The number of nitrogens with one attached hydrogen (secondary N) is 1. The molecule has 1 aromatic rings. The van der Waals surface area contributed by atoms with Crippen LogP contribution in [0.2, 0.25) is 0 Å². The Labute approximate surface area is 124 Å². The Balaban J connectivity index is 2.24. The van der Waals surface area contributed by atoms with Crippen LogP contribution in [0.15, 0.2) is 22.7 Å². The summed E-state index contributed by atoms with van der Waals surface area (Å²) in [5.41, 5.74) is -0.729. The van der Waals surface area contributed by atoms with E-state index in [1.807, 2.05) is 7.05 Å². The highest BCUT2D eigenvalue weighted by molar-refractivity contribution is 9.10. The lowest BCUT2D eigenvalue weighted by Crippen LogP contribution is -2.43. The Morgan fingerprint density at radius 3 is 2.60 bits per heavy atom. The predicted octanol–water partition coefficient (Wildman–Crippen LogP) is 4.38. The molecule has 0 aliphatic heterocycles. The second kappa shape index (κ2) is 6.35. The normalized spacial score (nSPS) is 23.6. The van der Waals surface area contributed by atoms with Crippen LogP contribution in [-0.4, -0.2) is 19.2 Å². The zero-order chi connectivity index (χ0) is 14.8. The molecule has 0 bridgehead atoms. The average molecular weight is 352 g/mol. The van der Waals surface area contributed by atoms with E-state index in [1.165, 1.54) is 6.07 Å². The van der Waals surface area contributed by atoms with E-state index in [2.05, 4.69) is 21.2 Å². The molecule has 0 aromatic heterocycles. The van der Waals surface area contributed by atoms with Crippen LogP contribution in [0.3, 0.4) is 0 Å². The zero-order valence-electron chi connectivity index (χ0n) is 11.1. The van der Waals surface area contributed by atoms with Crippen molar-refractivity contribution in [2.75, 3.05) is 7.05 Å². The predicted molar refractivity (Wildman–Crippen MR) is 74.9 cm³/mol. The second-order valence-corrected chi connectivity index (χ2v) is 5.89. The number of rotatable bonds is 3. The molecule has 2 atom stereocenters. The van der Waals surface area contributed by atoms with Gasteiger partial charge in [-0.1, -0.05) is 22.4 Å². The van der Waals surface area contributed by atoms with Crippen molar-refractivity contribution in [1.29, 1.82) is 0 Å². The van der Waals surface area contributed by atoms with Crippen molar-refractivity contribution in [2.24, 2.45) is 0 Å². The summed E-state index contributed by atoms with van der Waals surface area (Å²) < 4.78 is 45.2. The van der Waals surface area contributed by atoms with Crippen LogP contribution in [0.1, 0.15) is 31.2 Å². The maximum atomic E-state index is 13.0. The Hall–Kier alpha value is -0.750. The molecule has 0 radical (unpaired) electrons. The largest absolute Gasteiger partial charge is 0.488 e. The lowest BCUT2D eigenvalue weighted by atomic mass is 9.92. The third-order valence-corrected chi connectivity index (χ3v) is 4.09. The first kappa shape index (κ1) is 15.6. The van der Waals surface area contributed by atoms with Gasteiger partial charge in [-0.3, -0.25) is 0 Å². The molecule has 2 rings (SSSR count). The third-order valence-electron chi connectivity index (χ3n) is 3.60. The Kier molecular flexibility index (Phi) is 4.96. The summed E-state index contributed by atoms with van der Waals surface area (Å²) in [6, 6.07) is 4.12. The van der Waals surface area contributed by atoms with Crippen molar-refractivity contribution >= 4 is 15.9 Å². The van der Waals surface area contributed by atoms with Crippen LogP contribution >= 0.6 is 15.9 Å². The maximum absolute atomic E-state index is 13.0. The fourth-order valence-corrected chi connectivity index (χ4v) is 2.92. The van der Waals surface area contributed by atoms with Gasteiger partial charge in [0.1, 0.15) is 11.9 Å². The van der Waals surface area contributed by atoms with Gasteiger partial charge in [-0.25, -0.2) is 0 Å². The number of hydrogen-bond donors (Lipinski definition) is 1. The minimum atomic E-state index is -4.41. The maximum Gasteiger partial charge on any atom is 0.420 e. The molecule has 1 fully saturated rings. The molecule has 2 nitrogen and oxygen atoms in total. The van der Waals surface area contributed by atoms with Crippen molar-refractivity contribution in [3.63, 3.8) is 0 Å². The highest BCUT2D eigenvalue weighted by Gasteiger charge is 2.36. The van der Waals surface area contributed by atoms with E-state index in [9.17, 15) is 13.2 Å². The summed E-state index contributed by atoms with van der Waals surface area (Å²) in [5.74, 6) is -0.0900. The SMILES string of the molecule is CNC1CCCCC1Oc1ccc(Br)cc1C(F)(F)F. The van der Waals surface area contributed by atoms with Gasteiger partial charge in [-0.2, -0.15) is 13.2 Å². The summed E-state index contributed by atoms with van der Waals surface area (Å²) in [5, 5.41) is 3.13. The van der Waals surface area contributed by atoms with Crippen molar-refractivity contribution in [3.8, 4) is 5.75 Å². The monoisotopic (exact) mass is 351 g/mol. The number of benzene rings is 1. The molecule has 2 unspecified atom stereocenters. The topological polar surface area (TPSA) is 21.3 Å². The molecular formula is C14H17BrF3NO. The van der Waals surface area contributed by atoms with Crippen LogP contribution in [0.5, 0.6) is 5.75 Å². The fourth-order valence-electron chi connectivity index (χ4n) is 2.56. The number of ether oxygens (including phenoxy) is 1. The van der Waals surface area contributed by atoms with Gasteiger partial charge >= 0.3 is 6.18 Å². The molecule has 1 aliphatic carbocycles. The van der Waals surface area contributed by atoms with Gasteiger partial charge in [-0.15, -0.1) is 0 Å². The number of likely N-dealkylation sites (N-methyl/N-ethyl adjacent to an activating group) is 1. The van der Waals surface area contributed by atoms with E-state index >= 15 is 0 Å². The molecule has 0 heterocycles. The van der Waals surface area contributed by atoms with Gasteiger partial charge in [0.15, 0.2) is 0 Å². The number of hydrogen-bond acceptors (Lipinski definition) is 2. The van der Waals surface area contributed by atoms with Gasteiger partial charge in [0, 0.05) is 10.5 Å². The van der Waals surface area contributed by atoms with E-state index in [4.69, 9.17) is 4.74 Å². The fraction of sp³-hybridized carbons (Fsp3) is 0.571. The second-order valence-electron chi connectivity index (χ2n) is 4.97. The van der Waals surface area contributed by atoms with Crippen LogP contribution in [0.4, 0.5) is 13.2 Å². The number of halogens is 4. The minimum Gasteiger partial charge on any atom is -0.488 e. The highest BCUT2D eigenvalue weighted by atomic mass is 79.9. The molecule has 0 amide bonds. The molecule has 20 heavy (non-hydrogen) atoms. The molecular weight excluding hydrogens is 335 g/mol. The quantitative estimate of drug-likeness (QED) is 0.872. The van der Waals surface area contributed by atoms with E-state index in [-0.39, 0.29) is 17.9 Å². The van der Waals surface area contributed by atoms with E-state index in [0.717, 1.165) is 31.7 Å². The highest BCUT2D eigenvalue weighted by Crippen LogP contribution is 2.39. The summed E-state index contributed by atoms with van der Waals surface area (Å²) in [4.78, 5) is 0. The molecule has 112 valence electrons. The molecule has 6 heteroatoms. The van der Waals surface area contributed by atoms with Crippen LogP contribution < -0.4 is 10.1 Å². The lowest BCUT2D eigenvalue weighted by molar-refractivity contribution is -0.139. The van der Waals surface area contributed by atoms with Gasteiger partial charge in [0.25, 0.3) is 0 Å². The number of alkyl halides is 3. The van der Waals surface area contributed by atoms with E-state index < -0.39 is 11.7 Å². The third kappa shape index (κ3) is 3.67. The van der Waals surface area contributed by atoms with Crippen LogP contribution in [0.25, 0.3) is 0 Å². The smallest absolute Gasteiger partial charge is 0.420 e. The first-order chi connectivity index (χ1) is 9.41. The van der Waals surface area contributed by atoms with Gasteiger partial charge in [0.2, 0.25) is 0 Å². The van der Waals surface area contributed by atoms with Gasteiger partial charge in [0.05, 0.1) is 5.56 Å². The lowest BCUT2D eigenvalue weighted by Gasteiger charge is -2.32. The molecule has 0 spiro atoms. The van der Waals surface area contributed by atoms with Gasteiger partial charge in [-0.05, 0) is 44.5 Å². The summed E-state index contributed by atoms with van der Waals surface area (Å²) in [7, 11) is 1.82. The zero-order valence-corrected chi connectivity index (χ0v) is 12.7. The molecule has 1 N–H and O–H groups in total. The molecule has 0 saturated heterocycles. The average Bonchev–Trinajstić information content (AvgIpc) is 2.40. The minimum absolute atomic E-state index is 0.0900. The standard InChI is InChI=1S/C14H17BrF3NO/c1-19-11-4-2-3-5-13(11)20-12-7-6-9(15)8-10(12)14(16,17)18/h6-8,11,13,19H,2-5H2,1H3. The van der Waals surface area contributed by atoms with Crippen molar-refractivity contribution < 1.29 is 17.9 Å². The first-order valence-corrected chi connectivity index (χ1v) is 7.42. The van der Waals surface area contributed by atoms with Crippen molar-refractivity contribution in [2.45, 2.75) is 44.0 Å². The molecule has 1 aliphatic rings. The Morgan fingerprint density at radius 1 is 1.25 bits per heavy atom. The van der Waals surface area contributed by atoms with Crippen LogP contribution in [0, 0.1) is 0 Å².